The van der Waals surface area contributed by atoms with Gasteiger partial charge in [0.1, 0.15) is 6.54 Å². The molecule has 0 aromatic heterocycles. The fraction of sp³-hybridized carbons (Fsp3) is 0.579. The van der Waals surface area contributed by atoms with Crippen molar-refractivity contribution in [1.82, 2.24) is 4.90 Å². The van der Waals surface area contributed by atoms with Gasteiger partial charge >= 0.3 is 0 Å². The van der Waals surface area contributed by atoms with Crippen molar-refractivity contribution in [3.8, 4) is 0 Å². The number of likely N-dealkylation sites (tertiary alicyclic amines) is 1. The van der Waals surface area contributed by atoms with E-state index in [-0.39, 0.29) is 24.3 Å². The number of piperidine rings is 1. The van der Waals surface area contributed by atoms with E-state index in [9.17, 15) is 9.59 Å². The summed E-state index contributed by atoms with van der Waals surface area (Å²) in [5.74, 6) is -0.0911. The summed E-state index contributed by atoms with van der Waals surface area (Å²) in [6.07, 6.45) is 4.03. The van der Waals surface area contributed by atoms with Gasteiger partial charge in [-0.25, -0.2) is 0 Å². The van der Waals surface area contributed by atoms with Crippen molar-refractivity contribution in [1.29, 1.82) is 0 Å². The van der Waals surface area contributed by atoms with Crippen molar-refractivity contribution in [2.75, 3.05) is 37.7 Å². The summed E-state index contributed by atoms with van der Waals surface area (Å²) in [6.45, 7) is 4.82. The van der Waals surface area contributed by atoms with Gasteiger partial charge < -0.3 is 14.5 Å². The SMILES string of the molecule is Cc1cccc(N(CC(=O)N2CCCCC2)C(=O)C2CCOC2)c1. The molecule has 0 spiro atoms. The van der Waals surface area contributed by atoms with Crippen LogP contribution >= 0.6 is 0 Å². The molecule has 0 radical (unpaired) electrons. The molecule has 0 bridgehead atoms. The number of rotatable bonds is 4. The fourth-order valence-corrected chi connectivity index (χ4v) is 3.42. The number of carbonyl (C=O) groups excluding carboxylic acids is 2. The van der Waals surface area contributed by atoms with Crippen molar-refractivity contribution in [2.24, 2.45) is 5.92 Å². The molecule has 2 fully saturated rings. The van der Waals surface area contributed by atoms with Crippen molar-refractivity contribution < 1.29 is 14.3 Å². The topological polar surface area (TPSA) is 49.9 Å². The van der Waals surface area contributed by atoms with Gasteiger partial charge in [0.2, 0.25) is 11.8 Å². The Morgan fingerprint density at radius 3 is 2.71 bits per heavy atom. The summed E-state index contributed by atoms with van der Waals surface area (Å²) in [7, 11) is 0. The molecular formula is C19H26N2O3. The van der Waals surface area contributed by atoms with Crippen molar-refractivity contribution in [3.05, 3.63) is 29.8 Å². The van der Waals surface area contributed by atoms with E-state index in [1.807, 2.05) is 36.1 Å². The van der Waals surface area contributed by atoms with Crippen LogP contribution in [0.4, 0.5) is 5.69 Å². The van der Waals surface area contributed by atoms with Gasteiger partial charge in [0, 0.05) is 25.4 Å². The maximum Gasteiger partial charge on any atom is 0.242 e. The first-order valence-corrected chi connectivity index (χ1v) is 8.89. The van der Waals surface area contributed by atoms with Crippen LogP contribution in [0.2, 0.25) is 0 Å². The maximum absolute atomic E-state index is 13.0. The highest BCUT2D eigenvalue weighted by Crippen LogP contribution is 2.23. The Balaban J connectivity index is 1.78. The molecule has 1 aromatic rings. The first-order chi connectivity index (χ1) is 11.6. The lowest BCUT2D eigenvalue weighted by molar-refractivity contribution is -0.132. The largest absolute Gasteiger partial charge is 0.381 e. The average molecular weight is 330 g/mol. The molecule has 5 nitrogen and oxygen atoms in total. The molecule has 2 aliphatic rings. The highest BCUT2D eigenvalue weighted by molar-refractivity contribution is 6.00. The highest BCUT2D eigenvalue weighted by Gasteiger charge is 2.31. The number of nitrogens with zero attached hydrogens (tertiary/aromatic N) is 2. The average Bonchev–Trinajstić information content (AvgIpc) is 3.14. The Kier molecular flexibility index (Phi) is 5.51. The van der Waals surface area contributed by atoms with Crippen LogP contribution in [-0.2, 0) is 14.3 Å². The molecule has 1 aromatic carbocycles. The van der Waals surface area contributed by atoms with Gasteiger partial charge in [-0.05, 0) is 50.3 Å². The number of hydrogen-bond donors (Lipinski definition) is 0. The highest BCUT2D eigenvalue weighted by atomic mass is 16.5. The van der Waals surface area contributed by atoms with Crippen molar-refractivity contribution in [3.63, 3.8) is 0 Å². The Labute approximate surface area is 143 Å². The molecule has 1 atom stereocenters. The third-order valence-electron chi connectivity index (χ3n) is 4.86. The van der Waals surface area contributed by atoms with Crippen LogP contribution in [0.1, 0.15) is 31.2 Å². The molecule has 2 aliphatic heterocycles. The molecule has 5 heteroatoms. The van der Waals surface area contributed by atoms with Gasteiger partial charge in [-0.1, -0.05) is 12.1 Å². The lowest BCUT2D eigenvalue weighted by Gasteiger charge is -2.31. The minimum Gasteiger partial charge on any atom is -0.381 e. The van der Waals surface area contributed by atoms with Gasteiger partial charge in [-0.2, -0.15) is 0 Å². The molecule has 0 saturated carbocycles. The summed E-state index contributed by atoms with van der Waals surface area (Å²) >= 11 is 0. The summed E-state index contributed by atoms with van der Waals surface area (Å²) in [5, 5.41) is 0. The van der Waals surface area contributed by atoms with E-state index in [1.165, 1.54) is 6.42 Å². The van der Waals surface area contributed by atoms with Gasteiger partial charge in [0.15, 0.2) is 0 Å². The van der Waals surface area contributed by atoms with Gasteiger partial charge in [0.05, 0.1) is 12.5 Å². The van der Waals surface area contributed by atoms with E-state index < -0.39 is 0 Å². The van der Waals surface area contributed by atoms with Crippen molar-refractivity contribution >= 4 is 17.5 Å². The third kappa shape index (κ3) is 3.96. The number of hydrogen-bond acceptors (Lipinski definition) is 3. The first-order valence-electron chi connectivity index (χ1n) is 8.89. The van der Waals surface area contributed by atoms with Crippen molar-refractivity contribution in [2.45, 2.75) is 32.6 Å². The summed E-state index contributed by atoms with van der Waals surface area (Å²) in [6, 6.07) is 7.81. The molecular weight excluding hydrogens is 304 g/mol. The molecule has 130 valence electrons. The van der Waals surface area contributed by atoms with Crippen LogP contribution < -0.4 is 4.90 Å². The fourth-order valence-electron chi connectivity index (χ4n) is 3.42. The van der Waals surface area contributed by atoms with Crippen LogP contribution in [0.3, 0.4) is 0 Å². The zero-order valence-electron chi connectivity index (χ0n) is 14.4. The standard InChI is InChI=1S/C19H26N2O3/c1-15-6-5-7-17(12-15)21(19(23)16-8-11-24-14-16)13-18(22)20-9-3-2-4-10-20/h5-7,12,16H,2-4,8-11,13-14H2,1H3. The minimum absolute atomic E-state index is 0.00320. The number of aryl methyl sites for hydroxylation is 1. The molecule has 1 unspecified atom stereocenters. The Morgan fingerprint density at radius 1 is 1.25 bits per heavy atom. The number of benzene rings is 1. The first kappa shape index (κ1) is 17.0. The van der Waals surface area contributed by atoms with E-state index in [1.54, 1.807) is 4.90 Å². The predicted molar refractivity (Wildman–Crippen MR) is 92.9 cm³/mol. The smallest absolute Gasteiger partial charge is 0.242 e. The Hall–Kier alpha value is -1.88. The van der Waals surface area contributed by atoms with E-state index in [2.05, 4.69) is 0 Å². The van der Waals surface area contributed by atoms with Gasteiger partial charge in [-0.3, -0.25) is 9.59 Å². The summed E-state index contributed by atoms with van der Waals surface area (Å²) in [4.78, 5) is 29.2. The Morgan fingerprint density at radius 2 is 2.04 bits per heavy atom. The Bertz CT molecular complexity index is 590. The second-order valence-corrected chi connectivity index (χ2v) is 6.77. The molecule has 0 aliphatic carbocycles. The quantitative estimate of drug-likeness (QED) is 0.852. The number of amides is 2. The third-order valence-corrected chi connectivity index (χ3v) is 4.86. The minimum atomic E-state index is -0.139. The zero-order valence-corrected chi connectivity index (χ0v) is 14.4. The van der Waals surface area contributed by atoms with Crippen LogP contribution in [0.15, 0.2) is 24.3 Å². The molecule has 2 saturated heterocycles. The summed E-state index contributed by atoms with van der Waals surface area (Å²) in [5.41, 5.74) is 1.88. The van der Waals surface area contributed by atoms with E-state index >= 15 is 0 Å². The van der Waals surface area contributed by atoms with Gasteiger partial charge in [-0.15, -0.1) is 0 Å². The monoisotopic (exact) mass is 330 g/mol. The maximum atomic E-state index is 13.0. The second kappa shape index (κ2) is 7.79. The molecule has 2 amide bonds. The normalized spacial score (nSPS) is 20.9. The van der Waals surface area contributed by atoms with Crippen LogP contribution in [0.25, 0.3) is 0 Å². The number of ether oxygens (including phenoxy) is 1. The number of carbonyl (C=O) groups is 2. The van der Waals surface area contributed by atoms with Gasteiger partial charge in [0.25, 0.3) is 0 Å². The van der Waals surface area contributed by atoms with E-state index in [0.29, 0.717) is 13.2 Å². The second-order valence-electron chi connectivity index (χ2n) is 6.77. The predicted octanol–water partition coefficient (Wildman–Crippen LogP) is 2.38. The molecule has 3 rings (SSSR count). The van der Waals surface area contributed by atoms with Crippen LogP contribution in [0.5, 0.6) is 0 Å². The van der Waals surface area contributed by atoms with Crippen LogP contribution in [-0.4, -0.2) is 49.6 Å². The van der Waals surface area contributed by atoms with Crippen LogP contribution in [0, 0.1) is 12.8 Å². The number of anilines is 1. The molecule has 24 heavy (non-hydrogen) atoms. The lowest BCUT2D eigenvalue weighted by Crippen LogP contribution is -2.46. The molecule has 2 heterocycles. The lowest BCUT2D eigenvalue weighted by atomic mass is 10.1. The molecule has 0 N–H and O–H groups in total. The zero-order chi connectivity index (χ0) is 16.9. The summed E-state index contributed by atoms with van der Waals surface area (Å²) < 4.78 is 5.37. The van der Waals surface area contributed by atoms with E-state index in [0.717, 1.165) is 43.6 Å². The van der Waals surface area contributed by atoms with E-state index in [4.69, 9.17) is 4.74 Å².